The van der Waals surface area contributed by atoms with Gasteiger partial charge in [-0.1, -0.05) is 0 Å². The van der Waals surface area contributed by atoms with Gasteiger partial charge in [-0.3, -0.25) is 0 Å². The van der Waals surface area contributed by atoms with Gasteiger partial charge < -0.3 is 0 Å². The summed E-state index contributed by atoms with van der Waals surface area (Å²) in [5.74, 6) is 0. The van der Waals surface area contributed by atoms with Gasteiger partial charge in [0.25, 0.3) is 0 Å². The summed E-state index contributed by atoms with van der Waals surface area (Å²) in [6.07, 6.45) is 1.87. The molecule has 0 aliphatic rings. The van der Waals surface area contributed by atoms with Gasteiger partial charge in [0.15, 0.2) is 0 Å². The first-order valence-electron chi connectivity index (χ1n) is 1.77. The molecule has 0 bridgehead atoms. The average molecular weight is 146 g/mol. The van der Waals surface area contributed by atoms with E-state index in [4.69, 9.17) is 0 Å². The van der Waals surface area contributed by atoms with Crippen molar-refractivity contribution in [1.82, 2.24) is 3.98 Å². The molecule has 0 saturated carbocycles. The Bertz CT molecular complexity index is 111. The monoisotopic (exact) mass is 147 g/mol. The van der Waals surface area contributed by atoms with Gasteiger partial charge >= 0.3 is 42.3 Å². The van der Waals surface area contributed by atoms with E-state index in [1.54, 1.807) is 0 Å². The van der Waals surface area contributed by atoms with Gasteiger partial charge in [0.2, 0.25) is 0 Å². The average Bonchev–Trinajstić information content (AvgIpc) is 1.86. The van der Waals surface area contributed by atoms with E-state index in [9.17, 15) is 0 Å². The van der Waals surface area contributed by atoms with Crippen molar-refractivity contribution in [1.29, 1.82) is 0 Å². The Labute approximate surface area is 43.0 Å². The fraction of sp³-hybridized carbons (Fsp3) is 0.250. The quantitative estimate of drug-likeness (QED) is 0.484. The first kappa shape index (κ1) is 4.10. The standard InChI is InChI=1S/C4H5NSe/c1-4-2-3-5-6-4/h2-3H,1H3. The van der Waals surface area contributed by atoms with Crippen LogP contribution in [0, 0.1) is 6.92 Å². The summed E-state index contributed by atoms with van der Waals surface area (Å²) in [4.78, 5) is 0. The zero-order valence-electron chi connectivity index (χ0n) is 3.51. The summed E-state index contributed by atoms with van der Waals surface area (Å²) >= 11 is 0.458. The van der Waals surface area contributed by atoms with Gasteiger partial charge in [0, 0.05) is 0 Å². The first-order chi connectivity index (χ1) is 2.89. The molecule has 32 valence electrons. The molecule has 0 fully saturated rings. The van der Waals surface area contributed by atoms with E-state index < -0.39 is 0 Å². The van der Waals surface area contributed by atoms with Gasteiger partial charge in [0.1, 0.15) is 0 Å². The van der Waals surface area contributed by atoms with Gasteiger partial charge in [-0.25, -0.2) is 0 Å². The van der Waals surface area contributed by atoms with Crippen molar-refractivity contribution >= 4 is 14.7 Å². The predicted molar refractivity (Wildman–Crippen MR) is 25.9 cm³/mol. The third kappa shape index (κ3) is 0.702. The van der Waals surface area contributed by atoms with Crippen molar-refractivity contribution in [3.63, 3.8) is 0 Å². The summed E-state index contributed by atoms with van der Waals surface area (Å²) < 4.78 is 5.43. The van der Waals surface area contributed by atoms with Crippen molar-refractivity contribution in [2.75, 3.05) is 0 Å². The minimum atomic E-state index is 0.458. The van der Waals surface area contributed by atoms with Crippen LogP contribution in [0.2, 0.25) is 0 Å². The summed E-state index contributed by atoms with van der Waals surface area (Å²) in [6.45, 7) is 2.10. The van der Waals surface area contributed by atoms with Crippen molar-refractivity contribution in [2.45, 2.75) is 6.92 Å². The molecule has 1 heterocycles. The summed E-state index contributed by atoms with van der Waals surface area (Å²) in [7, 11) is 0. The molecule has 0 spiro atoms. The number of nitrogens with zero attached hydrogens (tertiary/aromatic N) is 1. The van der Waals surface area contributed by atoms with Crippen molar-refractivity contribution < 1.29 is 0 Å². The first-order valence-corrected chi connectivity index (χ1v) is 3.39. The maximum atomic E-state index is 4.01. The van der Waals surface area contributed by atoms with Gasteiger partial charge in [-0.15, -0.1) is 0 Å². The van der Waals surface area contributed by atoms with Crippen LogP contribution in [0.4, 0.5) is 0 Å². The topological polar surface area (TPSA) is 12.9 Å². The van der Waals surface area contributed by atoms with Gasteiger partial charge in [0.05, 0.1) is 0 Å². The molecule has 0 atom stereocenters. The molecule has 1 aromatic heterocycles. The number of aromatic nitrogens is 1. The van der Waals surface area contributed by atoms with Crippen LogP contribution in [0.25, 0.3) is 0 Å². The molecular formula is C4H5NSe. The van der Waals surface area contributed by atoms with Crippen LogP contribution < -0.4 is 0 Å². The van der Waals surface area contributed by atoms with Gasteiger partial charge in [-0.05, 0) is 0 Å². The normalized spacial score (nSPS) is 8.83. The maximum absolute atomic E-state index is 4.01. The molecule has 0 aliphatic carbocycles. The van der Waals surface area contributed by atoms with Crippen molar-refractivity contribution in [3.05, 3.63) is 16.7 Å². The number of hydrogen-bond donors (Lipinski definition) is 0. The van der Waals surface area contributed by atoms with E-state index in [0.29, 0.717) is 14.7 Å². The summed E-state index contributed by atoms with van der Waals surface area (Å²) in [6, 6.07) is 2.06. The Hall–Kier alpha value is -0.0705. The zero-order valence-corrected chi connectivity index (χ0v) is 5.22. The molecule has 1 aromatic rings. The van der Waals surface area contributed by atoms with Crippen molar-refractivity contribution in [2.24, 2.45) is 0 Å². The van der Waals surface area contributed by atoms with E-state index in [-0.39, 0.29) is 0 Å². The molecule has 0 unspecified atom stereocenters. The van der Waals surface area contributed by atoms with Crippen LogP contribution in [-0.4, -0.2) is 18.7 Å². The van der Waals surface area contributed by atoms with Crippen LogP contribution in [0.15, 0.2) is 12.3 Å². The van der Waals surface area contributed by atoms with Crippen molar-refractivity contribution in [3.8, 4) is 0 Å². The fourth-order valence-electron chi connectivity index (χ4n) is 0.279. The molecule has 2 heteroatoms. The van der Waals surface area contributed by atoms with E-state index in [0.717, 1.165) is 0 Å². The molecular weight excluding hydrogens is 141 g/mol. The van der Waals surface area contributed by atoms with Crippen LogP contribution in [0.1, 0.15) is 4.44 Å². The van der Waals surface area contributed by atoms with Gasteiger partial charge in [-0.2, -0.15) is 0 Å². The Morgan fingerprint density at radius 2 is 2.67 bits per heavy atom. The number of rotatable bonds is 0. The second kappa shape index (κ2) is 1.59. The molecule has 0 amide bonds. The third-order valence-electron chi connectivity index (χ3n) is 0.567. The second-order valence-corrected chi connectivity index (χ2v) is 3.30. The fourth-order valence-corrected chi connectivity index (χ4v) is 1.14. The van der Waals surface area contributed by atoms with Crippen LogP contribution >= 0.6 is 0 Å². The molecule has 1 rings (SSSR count). The Kier molecular flexibility index (Phi) is 1.08. The van der Waals surface area contributed by atoms with Crippen LogP contribution in [0.3, 0.4) is 0 Å². The zero-order chi connectivity index (χ0) is 4.41. The van der Waals surface area contributed by atoms with Crippen LogP contribution in [-0.2, 0) is 0 Å². The second-order valence-electron chi connectivity index (χ2n) is 1.12. The Morgan fingerprint density at radius 1 is 1.83 bits per heavy atom. The van der Waals surface area contributed by atoms with E-state index in [2.05, 4.69) is 17.0 Å². The minimum absolute atomic E-state index is 0.458. The molecule has 0 N–H and O–H groups in total. The van der Waals surface area contributed by atoms with E-state index in [1.807, 2.05) is 6.20 Å². The van der Waals surface area contributed by atoms with E-state index in [1.165, 1.54) is 4.44 Å². The third-order valence-corrected chi connectivity index (χ3v) is 1.93. The molecule has 0 aromatic carbocycles. The Morgan fingerprint density at radius 3 is 2.83 bits per heavy atom. The summed E-state index contributed by atoms with van der Waals surface area (Å²) in [5, 5.41) is 0. The molecule has 6 heavy (non-hydrogen) atoms. The molecule has 0 saturated heterocycles. The molecule has 0 aliphatic heterocycles. The SMILES string of the molecule is Cc1ccn[se]1. The predicted octanol–water partition coefficient (Wildman–Crippen LogP) is 0.447. The molecule has 1 nitrogen and oxygen atoms in total. The summed E-state index contributed by atoms with van der Waals surface area (Å²) in [5.41, 5.74) is 0. The van der Waals surface area contributed by atoms with Crippen LogP contribution in [0.5, 0.6) is 0 Å². The van der Waals surface area contributed by atoms with E-state index >= 15 is 0 Å². The number of aryl methyl sites for hydroxylation is 1. The molecule has 0 radical (unpaired) electrons. The Balaban J connectivity index is 3.05. The number of hydrogen-bond acceptors (Lipinski definition) is 1.